The summed E-state index contributed by atoms with van der Waals surface area (Å²) in [6, 6.07) is 23.2. The lowest BCUT2D eigenvalue weighted by atomic mass is 9.59. The van der Waals surface area contributed by atoms with Gasteiger partial charge in [-0.15, -0.1) is 0 Å². The minimum atomic E-state index is 0.374. The van der Waals surface area contributed by atoms with Gasteiger partial charge in [0.2, 0.25) is 0 Å². The van der Waals surface area contributed by atoms with Crippen LogP contribution in [0.2, 0.25) is 0 Å². The van der Waals surface area contributed by atoms with E-state index in [4.69, 9.17) is 0 Å². The summed E-state index contributed by atoms with van der Waals surface area (Å²) in [6.07, 6.45) is 8.28. The zero-order chi connectivity index (χ0) is 21.9. The first-order valence-electron chi connectivity index (χ1n) is 12.3. The zero-order valence-electron chi connectivity index (χ0n) is 19.1. The topological polar surface area (TPSA) is 0 Å². The molecule has 0 unspecified atom stereocenters. The second-order valence-electron chi connectivity index (χ2n) is 9.29. The van der Waals surface area contributed by atoms with Crippen molar-refractivity contribution in [2.45, 2.75) is 68.4 Å². The Morgan fingerprint density at radius 3 is 1.72 bits per heavy atom. The molecule has 0 atom stereocenters. The number of thioether (sulfide) groups is 1. The summed E-state index contributed by atoms with van der Waals surface area (Å²) in [6.45, 7) is 2.29. The average molecular weight is 506 g/mol. The Labute approximate surface area is 206 Å². The molecule has 0 aliphatic heterocycles. The molecule has 6 rings (SSSR count). The van der Waals surface area contributed by atoms with E-state index in [1.807, 2.05) is 0 Å². The number of hydrogen-bond donors (Lipinski definition) is 0. The monoisotopic (exact) mass is 504 g/mol. The highest BCUT2D eigenvalue weighted by molar-refractivity contribution is 9.08. The van der Waals surface area contributed by atoms with Crippen LogP contribution in [0.25, 0.3) is 0 Å². The van der Waals surface area contributed by atoms with Crippen molar-refractivity contribution in [3.05, 3.63) is 105 Å². The van der Waals surface area contributed by atoms with E-state index in [0.717, 1.165) is 11.1 Å². The Bertz CT molecular complexity index is 1040. The molecule has 0 amide bonds. The van der Waals surface area contributed by atoms with Gasteiger partial charge in [-0.05, 0) is 56.7 Å². The maximum absolute atomic E-state index is 3.81. The summed E-state index contributed by atoms with van der Waals surface area (Å²) in [5, 5.41) is 0.925. The highest BCUT2D eigenvalue weighted by Gasteiger charge is 2.43. The predicted molar refractivity (Wildman–Crippen MR) is 143 cm³/mol. The van der Waals surface area contributed by atoms with E-state index in [9.17, 15) is 0 Å². The van der Waals surface area contributed by atoms with Crippen molar-refractivity contribution >= 4 is 27.7 Å². The van der Waals surface area contributed by atoms with Crippen LogP contribution in [0.5, 0.6) is 0 Å². The predicted octanol–water partition coefficient (Wildman–Crippen LogP) is 9.16. The van der Waals surface area contributed by atoms with E-state index in [2.05, 4.69) is 95.3 Å². The zero-order valence-corrected chi connectivity index (χ0v) is 21.5. The van der Waals surface area contributed by atoms with Crippen LogP contribution in [-0.4, -0.2) is 5.75 Å². The lowest BCUT2D eigenvalue weighted by Crippen LogP contribution is -2.29. The minimum Gasteiger partial charge on any atom is -0.157 e. The molecule has 0 fully saturated rings. The largest absolute Gasteiger partial charge is 0.157 e. The van der Waals surface area contributed by atoms with Gasteiger partial charge in [-0.2, -0.15) is 11.8 Å². The van der Waals surface area contributed by atoms with Crippen molar-refractivity contribution in [3.8, 4) is 0 Å². The molecular formula is C30H33BrS. The van der Waals surface area contributed by atoms with Crippen LogP contribution in [0, 0.1) is 0 Å². The van der Waals surface area contributed by atoms with Crippen molar-refractivity contribution in [1.29, 1.82) is 0 Å². The maximum atomic E-state index is 3.81. The Balaban J connectivity index is 1.44. The van der Waals surface area contributed by atoms with Gasteiger partial charge >= 0.3 is 0 Å². The molecule has 0 heterocycles. The number of benzene rings is 3. The van der Waals surface area contributed by atoms with Gasteiger partial charge in [-0.1, -0.05) is 116 Å². The summed E-state index contributed by atoms with van der Waals surface area (Å²) in [5.74, 6) is 3.17. The van der Waals surface area contributed by atoms with Gasteiger partial charge in [0.1, 0.15) is 0 Å². The fraction of sp³-hybridized carbons (Fsp3) is 0.400. The molecule has 3 aromatic rings. The van der Waals surface area contributed by atoms with Crippen LogP contribution < -0.4 is 0 Å². The third-order valence-corrected chi connectivity index (χ3v) is 9.02. The maximum Gasteiger partial charge on any atom is 0.0352 e. The second-order valence-corrected chi connectivity index (χ2v) is 11.0. The molecule has 3 aliphatic carbocycles. The summed E-state index contributed by atoms with van der Waals surface area (Å²) in [5.41, 5.74) is 12.3. The number of rotatable bonds is 10. The fourth-order valence-electron chi connectivity index (χ4n) is 5.85. The average Bonchev–Trinajstić information content (AvgIpc) is 2.85. The Hall–Kier alpha value is -1.51. The molecule has 3 aromatic carbocycles. The minimum absolute atomic E-state index is 0.374. The first-order valence-corrected chi connectivity index (χ1v) is 14.6. The number of hydrogen-bond acceptors (Lipinski definition) is 1. The van der Waals surface area contributed by atoms with E-state index in [1.165, 1.54) is 72.1 Å². The molecule has 0 nitrogen and oxygen atoms in total. The van der Waals surface area contributed by atoms with Gasteiger partial charge in [-0.25, -0.2) is 0 Å². The third-order valence-electron chi connectivity index (χ3n) is 7.32. The van der Waals surface area contributed by atoms with Gasteiger partial charge < -0.3 is 0 Å². The van der Waals surface area contributed by atoms with Crippen LogP contribution in [-0.2, 0) is 11.1 Å². The first kappa shape index (κ1) is 22.3. The van der Waals surface area contributed by atoms with Crippen molar-refractivity contribution in [2.24, 2.45) is 0 Å². The summed E-state index contributed by atoms with van der Waals surface area (Å²) in [4.78, 5) is 0. The molecule has 0 radical (unpaired) electrons. The van der Waals surface area contributed by atoms with E-state index in [1.54, 1.807) is 16.7 Å². The SMILES string of the molecule is CCCCCCCCSCc1ccc(CBr)c2c1C1c3ccccc3C2c2ccccc21. The van der Waals surface area contributed by atoms with Crippen LogP contribution in [0.15, 0.2) is 60.7 Å². The van der Waals surface area contributed by atoms with Gasteiger partial charge in [-0.3, -0.25) is 0 Å². The van der Waals surface area contributed by atoms with E-state index in [-0.39, 0.29) is 0 Å². The standard InChI is InChI=1S/C30H33BrS/c1-2-3-4-5-6-11-18-32-20-22-17-16-21(19-31)27-28(22)30-25-14-9-7-12-23(25)29(27)24-13-8-10-15-26(24)30/h7-10,12-17,29-30H,2-6,11,18-20H2,1H3. The smallest absolute Gasteiger partial charge is 0.0352 e. The van der Waals surface area contributed by atoms with Crippen LogP contribution in [0.3, 0.4) is 0 Å². The van der Waals surface area contributed by atoms with E-state index < -0.39 is 0 Å². The Morgan fingerprint density at radius 1 is 0.656 bits per heavy atom. The Kier molecular flexibility index (Phi) is 7.09. The molecule has 3 aliphatic rings. The molecule has 32 heavy (non-hydrogen) atoms. The number of unbranched alkanes of at least 4 members (excludes halogenated alkanes) is 5. The lowest BCUT2D eigenvalue weighted by molar-refractivity contribution is 0.627. The molecular weight excluding hydrogens is 472 g/mol. The molecule has 0 saturated heterocycles. The molecule has 0 N–H and O–H groups in total. The van der Waals surface area contributed by atoms with Gasteiger partial charge in [0, 0.05) is 22.9 Å². The van der Waals surface area contributed by atoms with Crippen LogP contribution in [0.1, 0.15) is 102 Å². The Morgan fingerprint density at radius 2 is 1.16 bits per heavy atom. The molecule has 2 bridgehead atoms. The molecule has 166 valence electrons. The van der Waals surface area contributed by atoms with E-state index in [0.29, 0.717) is 11.8 Å². The van der Waals surface area contributed by atoms with Crippen LogP contribution >= 0.6 is 27.7 Å². The van der Waals surface area contributed by atoms with Crippen molar-refractivity contribution in [3.63, 3.8) is 0 Å². The summed E-state index contributed by atoms with van der Waals surface area (Å²) in [7, 11) is 0. The van der Waals surface area contributed by atoms with Crippen molar-refractivity contribution in [1.82, 2.24) is 0 Å². The lowest BCUT2D eigenvalue weighted by Gasteiger charge is -2.44. The molecule has 0 spiro atoms. The summed E-state index contributed by atoms with van der Waals surface area (Å²) >= 11 is 5.94. The highest BCUT2D eigenvalue weighted by Crippen LogP contribution is 2.57. The third kappa shape index (κ3) is 3.99. The highest BCUT2D eigenvalue weighted by atomic mass is 79.9. The molecule has 0 aromatic heterocycles. The number of alkyl halides is 1. The van der Waals surface area contributed by atoms with Gasteiger partial charge in [0.05, 0.1) is 0 Å². The normalized spacial score (nSPS) is 17.7. The fourth-order valence-corrected chi connectivity index (χ4v) is 7.36. The van der Waals surface area contributed by atoms with Crippen molar-refractivity contribution in [2.75, 3.05) is 5.75 Å². The van der Waals surface area contributed by atoms with Gasteiger partial charge in [0.25, 0.3) is 0 Å². The van der Waals surface area contributed by atoms with Gasteiger partial charge in [0.15, 0.2) is 0 Å². The van der Waals surface area contributed by atoms with Crippen LogP contribution in [0.4, 0.5) is 0 Å². The van der Waals surface area contributed by atoms with E-state index >= 15 is 0 Å². The number of halogens is 1. The molecule has 2 heteroatoms. The van der Waals surface area contributed by atoms with Crippen molar-refractivity contribution < 1.29 is 0 Å². The summed E-state index contributed by atoms with van der Waals surface area (Å²) < 4.78 is 0. The second kappa shape index (κ2) is 10.2. The quantitative estimate of drug-likeness (QED) is 0.135. The first-order chi connectivity index (χ1) is 15.8. The molecule has 0 saturated carbocycles.